The van der Waals surface area contributed by atoms with Crippen molar-refractivity contribution in [2.45, 2.75) is 478 Å². The number of carbonyl (C=O) groups excluding carboxylic acids is 1. The van der Waals surface area contributed by atoms with Crippen LogP contribution in [-0.4, -0.2) is 193 Å². The number of rotatable bonds is 68. The second-order valence-corrected chi connectivity index (χ2v) is 30.3. The number of carbonyl (C=O) groups is 1. The molecule has 0 radical (unpaired) electrons. The van der Waals surface area contributed by atoms with Crippen molar-refractivity contribution < 1.29 is 89.4 Å². The van der Waals surface area contributed by atoms with E-state index < -0.39 is 124 Å². The Balaban J connectivity index is 1.35. The monoisotopic (exact) mass is 1420 g/mol. The smallest absolute Gasteiger partial charge is 0.220 e. The number of hydrogen-bond acceptors (Lipinski definition) is 18. The molecule has 17 atom stereocenters. The molecule has 17 unspecified atom stereocenters. The van der Waals surface area contributed by atoms with Gasteiger partial charge in [0.1, 0.15) is 73.2 Å². The first-order valence-electron chi connectivity index (χ1n) is 41.8. The zero-order chi connectivity index (χ0) is 71.8. The van der Waals surface area contributed by atoms with Crippen molar-refractivity contribution in [2.24, 2.45) is 0 Å². The van der Waals surface area contributed by atoms with Crippen LogP contribution in [0, 0.1) is 0 Å². The number of amides is 1. The maximum Gasteiger partial charge on any atom is 0.220 e. The third-order valence-corrected chi connectivity index (χ3v) is 21.4. The minimum absolute atomic E-state index is 0.232. The van der Waals surface area contributed by atoms with Gasteiger partial charge in [-0.05, 0) is 12.8 Å². The Morgan fingerprint density at radius 1 is 0.323 bits per heavy atom. The van der Waals surface area contributed by atoms with Gasteiger partial charge in [0.05, 0.1) is 38.6 Å². The van der Waals surface area contributed by atoms with Gasteiger partial charge in [-0.3, -0.25) is 4.79 Å². The Labute approximate surface area is 602 Å². The fourth-order valence-electron chi connectivity index (χ4n) is 14.7. The van der Waals surface area contributed by atoms with Gasteiger partial charge in [-0.2, -0.15) is 0 Å². The first-order chi connectivity index (χ1) is 48.3. The SMILES string of the molecule is CCCCCCCCCCCCCCCCCCCCCCCCCCCCCCCC(O)C(COC1OC(CO)C(OC2OC(CO)C(OC3OC(CO)C(O)C(O)C3O)C(O)C2O)C(O)C1O)NC(=O)CCCCCCCCCCCCCCCCCCCCCCCCCCC. The topological polar surface area (TPSA) is 307 Å². The van der Waals surface area contributed by atoms with Gasteiger partial charge in [-0.15, -0.1) is 0 Å². The van der Waals surface area contributed by atoms with Crippen molar-refractivity contribution in [1.29, 1.82) is 0 Å². The molecule has 19 nitrogen and oxygen atoms in total. The molecule has 3 heterocycles. The molecule has 0 aromatic heterocycles. The van der Waals surface area contributed by atoms with Gasteiger partial charge in [0.15, 0.2) is 18.9 Å². The average molecular weight is 1420 g/mol. The molecule has 3 aliphatic heterocycles. The van der Waals surface area contributed by atoms with E-state index in [0.29, 0.717) is 12.8 Å². The molecule has 3 saturated heterocycles. The fraction of sp³-hybridized carbons (Fsp3) is 0.988. The van der Waals surface area contributed by atoms with E-state index in [4.69, 9.17) is 28.4 Å². The molecule has 0 spiro atoms. The minimum Gasteiger partial charge on any atom is -0.394 e. The van der Waals surface area contributed by atoms with E-state index in [2.05, 4.69) is 19.2 Å². The fourth-order valence-corrected chi connectivity index (χ4v) is 14.7. The van der Waals surface area contributed by atoms with E-state index in [1.165, 1.54) is 295 Å². The number of aliphatic hydroxyl groups is 11. The predicted molar refractivity (Wildman–Crippen MR) is 393 cm³/mol. The molecular formula is C80H155NO18. The van der Waals surface area contributed by atoms with Crippen LogP contribution in [0.15, 0.2) is 0 Å². The van der Waals surface area contributed by atoms with Crippen molar-refractivity contribution >= 4 is 5.91 Å². The van der Waals surface area contributed by atoms with Crippen molar-refractivity contribution in [2.75, 3.05) is 26.4 Å². The summed E-state index contributed by atoms with van der Waals surface area (Å²) in [6, 6.07) is -0.883. The predicted octanol–water partition coefficient (Wildman–Crippen LogP) is 14.2. The maximum absolute atomic E-state index is 13.5. The van der Waals surface area contributed by atoms with E-state index in [0.717, 1.165) is 44.9 Å². The van der Waals surface area contributed by atoms with Crippen LogP contribution in [0.4, 0.5) is 0 Å². The number of nitrogens with one attached hydrogen (secondary N) is 1. The largest absolute Gasteiger partial charge is 0.394 e. The number of aliphatic hydroxyl groups excluding tert-OH is 11. The highest BCUT2D eigenvalue weighted by atomic mass is 16.8. The molecule has 0 saturated carbocycles. The van der Waals surface area contributed by atoms with Crippen LogP contribution in [-0.2, 0) is 33.2 Å². The van der Waals surface area contributed by atoms with Gasteiger partial charge in [0.25, 0.3) is 0 Å². The number of ether oxygens (including phenoxy) is 6. The standard InChI is InChI=1S/C80H155NO18/c1-3-5-7-9-11-13-15-17-19-21-23-25-27-29-30-31-32-34-35-37-39-41-43-45-47-49-51-53-55-57-64(85)63(81-68(86)58-56-54-52-50-48-46-44-42-40-38-36-33-28-26-24-22-20-18-16-14-12-10-8-6-4-2)62-94-78-74(92)71(89)76(66(60-83)96-78)99-80-75(93)72(90)77(67(61-84)97-80)98-79-73(91)70(88)69(87)65(59-82)95-79/h63-67,69-80,82-85,87-93H,3-62H2,1-2H3,(H,81,86). The quantitative estimate of drug-likeness (QED) is 0.0252. The lowest BCUT2D eigenvalue weighted by Crippen LogP contribution is -2.66. The van der Waals surface area contributed by atoms with E-state index >= 15 is 0 Å². The van der Waals surface area contributed by atoms with E-state index in [1.54, 1.807) is 0 Å². The molecule has 12 N–H and O–H groups in total. The zero-order valence-corrected chi connectivity index (χ0v) is 63.0. The molecule has 1 amide bonds. The number of unbranched alkanes of at least 4 members (excludes halogenated alkanes) is 52. The van der Waals surface area contributed by atoms with Crippen molar-refractivity contribution in [3.63, 3.8) is 0 Å². The number of hydrogen-bond donors (Lipinski definition) is 12. The van der Waals surface area contributed by atoms with E-state index in [1.807, 2.05) is 0 Å². The van der Waals surface area contributed by atoms with Gasteiger partial charge >= 0.3 is 0 Å². The lowest BCUT2D eigenvalue weighted by molar-refractivity contribution is -0.379. The summed E-state index contributed by atoms with van der Waals surface area (Å²) in [5.41, 5.74) is 0. The summed E-state index contributed by atoms with van der Waals surface area (Å²) in [5.74, 6) is -0.232. The van der Waals surface area contributed by atoms with Crippen molar-refractivity contribution in [3.8, 4) is 0 Å². The lowest BCUT2D eigenvalue weighted by atomic mass is 9.96. The summed E-state index contributed by atoms with van der Waals surface area (Å²) in [6.07, 6.45) is 44.8. The Hall–Kier alpha value is -1.21. The average Bonchev–Trinajstić information content (AvgIpc) is 0.784. The van der Waals surface area contributed by atoms with Crippen molar-refractivity contribution in [1.82, 2.24) is 5.32 Å². The molecule has 3 aliphatic rings. The molecule has 0 aromatic carbocycles. The molecule has 0 bridgehead atoms. The second kappa shape index (κ2) is 61.9. The lowest BCUT2D eigenvalue weighted by Gasteiger charge is -2.48. The molecule has 588 valence electrons. The van der Waals surface area contributed by atoms with Crippen LogP contribution in [0.5, 0.6) is 0 Å². The molecule has 99 heavy (non-hydrogen) atoms. The van der Waals surface area contributed by atoms with Gasteiger partial charge in [0, 0.05) is 6.42 Å². The first kappa shape index (κ1) is 92.0. The highest BCUT2D eigenvalue weighted by Crippen LogP contribution is 2.34. The van der Waals surface area contributed by atoms with E-state index in [9.17, 15) is 61.0 Å². The van der Waals surface area contributed by atoms with E-state index in [-0.39, 0.29) is 18.9 Å². The zero-order valence-electron chi connectivity index (χ0n) is 63.0. The minimum atomic E-state index is -1.97. The van der Waals surface area contributed by atoms with Crippen LogP contribution in [0.3, 0.4) is 0 Å². The first-order valence-corrected chi connectivity index (χ1v) is 41.8. The Morgan fingerprint density at radius 2 is 0.576 bits per heavy atom. The summed E-state index contributed by atoms with van der Waals surface area (Å²) >= 11 is 0. The second-order valence-electron chi connectivity index (χ2n) is 30.3. The summed E-state index contributed by atoms with van der Waals surface area (Å²) in [4.78, 5) is 13.5. The Bertz CT molecular complexity index is 1790. The Morgan fingerprint density at radius 3 is 0.879 bits per heavy atom. The molecule has 0 aliphatic carbocycles. The Kier molecular flexibility index (Phi) is 57.5. The molecule has 3 rings (SSSR count). The highest BCUT2D eigenvalue weighted by molar-refractivity contribution is 5.76. The molecular weight excluding hydrogens is 1260 g/mol. The summed E-state index contributed by atoms with van der Waals surface area (Å²) in [5, 5.41) is 121. The van der Waals surface area contributed by atoms with Gasteiger partial charge in [-0.25, -0.2) is 0 Å². The van der Waals surface area contributed by atoms with Gasteiger partial charge in [-0.1, -0.05) is 354 Å². The summed E-state index contributed by atoms with van der Waals surface area (Å²) in [6.45, 7) is 1.88. The summed E-state index contributed by atoms with van der Waals surface area (Å²) in [7, 11) is 0. The van der Waals surface area contributed by atoms with Gasteiger partial charge in [0.2, 0.25) is 5.91 Å². The van der Waals surface area contributed by atoms with Crippen LogP contribution in [0.1, 0.15) is 373 Å². The highest BCUT2D eigenvalue weighted by Gasteiger charge is 2.54. The van der Waals surface area contributed by atoms with Crippen LogP contribution in [0.2, 0.25) is 0 Å². The molecule has 3 fully saturated rings. The van der Waals surface area contributed by atoms with Crippen LogP contribution in [0.25, 0.3) is 0 Å². The molecule has 0 aromatic rings. The van der Waals surface area contributed by atoms with Gasteiger partial charge < -0.3 is 89.9 Å². The van der Waals surface area contributed by atoms with Crippen molar-refractivity contribution in [3.05, 3.63) is 0 Å². The van der Waals surface area contributed by atoms with Crippen LogP contribution >= 0.6 is 0 Å². The molecule has 19 heteroatoms. The third-order valence-electron chi connectivity index (χ3n) is 21.4. The van der Waals surface area contributed by atoms with Crippen LogP contribution < -0.4 is 5.32 Å². The normalized spacial score (nSPS) is 26.5. The summed E-state index contributed by atoms with van der Waals surface area (Å²) < 4.78 is 34.6. The third kappa shape index (κ3) is 42.1. The maximum atomic E-state index is 13.5.